The molecule has 1 atom stereocenters. The smallest absolute Gasteiger partial charge is 0.306 e. The first-order chi connectivity index (χ1) is 24.6. The second kappa shape index (κ2) is 36.8. The zero-order chi connectivity index (χ0) is 37.8. The molecule has 0 aromatic rings. The van der Waals surface area contributed by atoms with Crippen LogP contribution in [0.1, 0.15) is 234 Å². The molecule has 302 valence electrons. The highest BCUT2D eigenvalue weighted by Gasteiger charge is 2.19. The maximum Gasteiger partial charge on any atom is 0.306 e. The monoisotopic (exact) mass is 723 g/mol. The Kier molecular flexibility index (Phi) is 35.6. The molecular weight excluding hydrogens is 636 g/mol. The van der Waals surface area contributed by atoms with Gasteiger partial charge >= 0.3 is 17.9 Å². The molecule has 0 unspecified atom stereocenters. The van der Waals surface area contributed by atoms with Gasteiger partial charge in [-0.15, -0.1) is 0 Å². The van der Waals surface area contributed by atoms with Crippen LogP contribution in [0.2, 0.25) is 0 Å². The average molecular weight is 723 g/mol. The second-order valence-corrected chi connectivity index (χ2v) is 16.8. The molecule has 51 heavy (non-hydrogen) atoms. The van der Waals surface area contributed by atoms with E-state index >= 15 is 0 Å². The normalized spacial score (nSPS) is 12.2. The molecule has 0 aromatic carbocycles. The Balaban J connectivity index is 4.35. The number of carbonyl (C=O) groups excluding carboxylic acids is 3. The van der Waals surface area contributed by atoms with E-state index in [1.54, 1.807) is 0 Å². The third-order valence-corrected chi connectivity index (χ3v) is 9.90. The van der Waals surface area contributed by atoms with Gasteiger partial charge in [-0.2, -0.15) is 0 Å². The lowest BCUT2D eigenvalue weighted by atomic mass is 10.0. The molecule has 6 nitrogen and oxygen atoms in total. The minimum Gasteiger partial charge on any atom is -0.462 e. The van der Waals surface area contributed by atoms with Gasteiger partial charge in [0.05, 0.1) is 0 Å². The van der Waals surface area contributed by atoms with Crippen LogP contribution in [0.15, 0.2) is 0 Å². The van der Waals surface area contributed by atoms with E-state index in [4.69, 9.17) is 14.2 Å². The van der Waals surface area contributed by atoms with Gasteiger partial charge in [0.2, 0.25) is 0 Å². The summed E-state index contributed by atoms with van der Waals surface area (Å²) in [6.45, 7) is 13.6. The van der Waals surface area contributed by atoms with Gasteiger partial charge in [0.25, 0.3) is 0 Å². The van der Waals surface area contributed by atoms with Crippen LogP contribution in [0.5, 0.6) is 0 Å². The first-order valence-corrected chi connectivity index (χ1v) is 22.1. The fourth-order valence-electron chi connectivity index (χ4n) is 6.52. The highest BCUT2D eigenvalue weighted by atomic mass is 16.6. The predicted molar refractivity (Wildman–Crippen MR) is 215 cm³/mol. The van der Waals surface area contributed by atoms with Gasteiger partial charge in [-0.1, -0.05) is 196 Å². The standard InChI is InChI=1S/C45H86O6/c1-39(2)31-25-19-13-8-7-9-16-22-28-34-43(46)49-37-42(51-45(48)36-30-24-18-12-15-21-27-33-41(5)6)38-50-44(47)35-29-23-17-11-10-14-20-26-32-40(3)4/h39-42H,7-38H2,1-6H3/t42-/m0/s1. The first-order valence-electron chi connectivity index (χ1n) is 22.1. The molecule has 0 saturated heterocycles. The summed E-state index contributed by atoms with van der Waals surface area (Å²) in [6, 6.07) is 0. The molecule has 6 heteroatoms. The van der Waals surface area contributed by atoms with Crippen LogP contribution >= 0.6 is 0 Å². The minimum atomic E-state index is -0.761. The van der Waals surface area contributed by atoms with Crippen molar-refractivity contribution in [3.8, 4) is 0 Å². The summed E-state index contributed by atoms with van der Waals surface area (Å²) in [4.78, 5) is 37.6. The van der Waals surface area contributed by atoms with E-state index in [0.717, 1.165) is 75.5 Å². The van der Waals surface area contributed by atoms with Crippen molar-refractivity contribution in [3.63, 3.8) is 0 Å². The number of ether oxygens (including phenoxy) is 3. The van der Waals surface area contributed by atoms with E-state index < -0.39 is 6.10 Å². The molecule has 0 spiro atoms. The molecule has 0 aliphatic heterocycles. The van der Waals surface area contributed by atoms with Crippen LogP contribution in [0, 0.1) is 17.8 Å². The number of carbonyl (C=O) groups is 3. The van der Waals surface area contributed by atoms with Crippen LogP contribution in [-0.4, -0.2) is 37.2 Å². The minimum absolute atomic E-state index is 0.0673. The summed E-state index contributed by atoms with van der Waals surface area (Å²) in [5, 5.41) is 0. The fourth-order valence-corrected chi connectivity index (χ4v) is 6.52. The molecular formula is C45H86O6. The Morgan fingerprint density at radius 3 is 0.843 bits per heavy atom. The van der Waals surface area contributed by atoms with E-state index in [0.29, 0.717) is 19.3 Å². The molecule has 0 radical (unpaired) electrons. The lowest BCUT2D eigenvalue weighted by Gasteiger charge is -2.18. The van der Waals surface area contributed by atoms with Crippen molar-refractivity contribution in [2.45, 2.75) is 240 Å². The quantitative estimate of drug-likeness (QED) is 0.0359. The van der Waals surface area contributed by atoms with Gasteiger partial charge in [0.15, 0.2) is 6.10 Å². The van der Waals surface area contributed by atoms with E-state index in [1.807, 2.05) is 0 Å². The number of hydrogen-bond donors (Lipinski definition) is 0. The molecule has 0 heterocycles. The number of esters is 3. The molecule has 0 rings (SSSR count). The number of hydrogen-bond acceptors (Lipinski definition) is 6. The van der Waals surface area contributed by atoms with Crippen molar-refractivity contribution in [1.82, 2.24) is 0 Å². The molecule has 0 amide bonds. The van der Waals surface area contributed by atoms with Crippen molar-refractivity contribution < 1.29 is 28.6 Å². The Labute approximate surface area is 317 Å². The molecule has 0 aliphatic carbocycles. The van der Waals surface area contributed by atoms with Crippen molar-refractivity contribution in [3.05, 3.63) is 0 Å². The molecule has 0 saturated carbocycles. The summed E-state index contributed by atoms with van der Waals surface area (Å²) in [7, 11) is 0. The molecule has 0 bridgehead atoms. The third kappa shape index (κ3) is 39.5. The highest BCUT2D eigenvalue weighted by molar-refractivity contribution is 5.71. The topological polar surface area (TPSA) is 78.9 Å². The zero-order valence-corrected chi connectivity index (χ0v) is 34.9. The predicted octanol–water partition coefficient (Wildman–Crippen LogP) is 13.7. The van der Waals surface area contributed by atoms with Crippen molar-refractivity contribution in [2.24, 2.45) is 17.8 Å². The van der Waals surface area contributed by atoms with Crippen LogP contribution in [0.4, 0.5) is 0 Å². The molecule has 0 aliphatic rings. The third-order valence-electron chi connectivity index (χ3n) is 9.90. The average Bonchev–Trinajstić information content (AvgIpc) is 3.07. The summed E-state index contributed by atoms with van der Waals surface area (Å²) < 4.78 is 16.7. The Morgan fingerprint density at radius 1 is 0.333 bits per heavy atom. The molecule has 0 N–H and O–H groups in total. The summed E-state index contributed by atoms with van der Waals surface area (Å²) in [5.41, 5.74) is 0. The van der Waals surface area contributed by atoms with E-state index in [2.05, 4.69) is 41.5 Å². The number of unbranched alkanes of at least 4 members (excludes halogenated alkanes) is 21. The van der Waals surface area contributed by atoms with Gasteiger partial charge < -0.3 is 14.2 Å². The summed E-state index contributed by atoms with van der Waals surface area (Å²) in [6.07, 6.45) is 32.5. The second-order valence-electron chi connectivity index (χ2n) is 16.8. The number of rotatable bonds is 38. The Morgan fingerprint density at radius 2 is 0.569 bits per heavy atom. The highest BCUT2D eigenvalue weighted by Crippen LogP contribution is 2.16. The van der Waals surface area contributed by atoms with E-state index in [1.165, 1.54) is 116 Å². The first kappa shape index (κ1) is 49.4. The maximum absolute atomic E-state index is 12.7. The van der Waals surface area contributed by atoms with Gasteiger partial charge in [-0.05, 0) is 37.0 Å². The van der Waals surface area contributed by atoms with Gasteiger partial charge in [0, 0.05) is 19.3 Å². The largest absolute Gasteiger partial charge is 0.462 e. The van der Waals surface area contributed by atoms with Gasteiger partial charge in [0.1, 0.15) is 13.2 Å². The SMILES string of the molecule is CC(C)CCCCCCCCCCCC(=O)OC[C@@H](COC(=O)CCCCCCCCCCC(C)C)OC(=O)CCCCCCCCCC(C)C. The maximum atomic E-state index is 12.7. The lowest BCUT2D eigenvalue weighted by Crippen LogP contribution is -2.30. The van der Waals surface area contributed by atoms with Crippen LogP contribution in [-0.2, 0) is 28.6 Å². The van der Waals surface area contributed by atoms with Crippen molar-refractivity contribution in [1.29, 1.82) is 0 Å². The Hall–Kier alpha value is -1.59. The van der Waals surface area contributed by atoms with E-state index in [-0.39, 0.29) is 31.1 Å². The van der Waals surface area contributed by atoms with Crippen molar-refractivity contribution >= 4 is 17.9 Å². The summed E-state index contributed by atoms with van der Waals surface area (Å²) in [5.74, 6) is 1.51. The zero-order valence-electron chi connectivity index (χ0n) is 34.9. The van der Waals surface area contributed by atoms with Gasteiger partial charge in [-0.25, -0.2) is 0 Å². The Bertz CT molecular complexity index is 792. The summed E-state index contributed by atoms with van der Waals surface area (Å²) >= 11 is 0. The van der Waals surface area contributed by atoms with Crippen LogP contribution in [0.3, 0.4) is 0 Å². The molecule has 0 aromatic heterocycles. The van der Waals surface area contributed by atoms with Crippen LogP contribution < -0.4 is 0 Å². The van der Waals surface area contributed by atoms with Gasteiger partial charge in [-0.3, -0.25) is 14.4 Å². The van der Waals surface area contributed by atoms with Crippen molar-refractivity contribution in [2.75, 3.05) is 13.2 Å². The van der Waals surface area contributed by atoms with E-state index in [9.17, 15) is 14.4 Å². The van der Waals surface area contributed by atoms with Crippen LogP contribution in [0.25, 0.3) is 0 Å². The lowest BCUT2D eigenvalue weighted by molar-refractivity contribution is -0.167. The molecule has 0 fully saturated rings. The fraction of sp³-hybridized carbons (Fsp3) is 0.933.